The molecule has 0 aliphatic carbocycles. The predicted octanol–water partition coefficient (Wildman–Crippen LogP) is -5.84. The van der Waals surface area contributed by atoms with Gasteiger partial charge in [0.25, 0.3) is 0 Å². The molecular formula is C21H38BrKO14S2. The molecule has 2 rings (SSSR count). The number of ether oxygens (including phenoxy) is 7. The number of aliphatic carboxylic acids is 1. The van der Waals surface area contributed by atoms with E-state index in [1.165, 1.54) is 35.5 Å². The van der Waals surface area contributed by atoms with Crippen LogP contribution in [0.15, 0.2) is 0 Å². The summed E-state index contributed by atoms with van der Waals surface area (Å²) in [6.07, 6.45) is -8.38. The summed E-state index contributed by atoms with van der Waals surface area (Å²) in [5, 5.41) is 49.6. The van der Waals surface area contributed by atoms with Crippen LogP contribution in [-0.2, 0) is 42.7 Å². The van der Waals surface area contributed by atoms with Crippen LogP contribution in [-0.4, -0.2) is 152 Å². The molecule has 226 valence electrons. The van der Waals surface area contributed by atoms with Crippen LogP contribution in [0.3, 0.4) is 0 Å². The van der Waals surface area contributed by atoms with E-state index in [1.54, 1.807) is 0 Å². The second-order valence-electron chi connectivity index (χ2n) is 7.70. The van der Waals surface area contributed by atoms with Gasteiger partial charge in [0.05, 0.1) is 31.0 Å². The van der Waals surface area contributed by atoms with Gasteiger partial charge >= 0.3 is 57.4 Å². The van der Waals surface area contributed by atoms with Gasteiger partial charge in [-0.25, -0.2) is 0 Å². The number of thiol groups is 1. The van der Waals surface area contributed by atoms with Gasteiger partial charge in [0.1, 0.15) is 36.6 Å². The van der Waals surface area contributed by atoms with Crippen LogP contribution >= 0.6 is 40.3 Å². The Kier molecular flexibility index (Phi) is 25.9. The molecule has 2 aliphatic rings. The van der Waals surface area contributed by atoms with Crippen LogP contribution in [0.5, 0.6) is 0 Å². The van der Waals surface area contributed by atoms with Gasteiger partial charge in [0.15, 0.2) is 12.6 Å². The van der Waals surface area contributed by atoms with Crippen LogP contribution in [0.2, 0.25) is 0 Å². The van der Waals surface area contributed by atoms with Crippen molar-refractivity contribution in [1.29, 1.82) is 0 Å². The van der Waals surface area contributed by atoms with Crippen LogP contribution in [0.4, 0.5) is 0 Å². The van der Waals surface area contributed by atoms with Crippen molar-refractivity contribution in [3.8, 4) is 0 Å². The molecule has 10 atom stereocenters. The quantitative estimate of drug-likeness (QED) is 0.0625. The second-order valence-corrected chi connectivity index (χ2v) is 9.69. The van der Waals surface area contributed by atoms with Crippen molar-refractivity contribution >= 4 is 52.3 Å². The van der Waals surface area contributed by atoms with Crippen LogP contribution < -0.4 is 56.5 Å². The van der Waals surface area contributed by atoms with E-state index in [0.29, 0.717) is 5.33 Å². The summed E-state index contributed by atoms with van der Waals surface area (Å²) < 4.78 is 34.9. The smallest absolute Gasteiger partial charge is 0.549 e. The molecule has 0 amide bonds. The summed E-state index contributed by atoms with van der Waals surface area (Å²) in [4.78, 5) is 20.2. The predicted molar refractivity (Wildman–Crippen MR) is 139 cm³/mol. The molecule has 14 nitrogen and oxygen atoms in total. The minimum atomic E-state index is -1.21. The molecule has 0 aromatic rings. The largest absolute Gasteiger partial charge is 1.00 e. The molecular weight excluding hydrogens is 659 g/mol. The van der Waals surface area contributed by atoms with Gasteiger partial charge in [0, 0.05) is 45.3 Å². The molecule has 2 fully saturated rings. The maximum Gasteiger partial charge on any atom is 1.00 e. The number of aliphatic hydroxyl groups is 4. The van der Waals surface area contributed by atoms with E-state index < -0.39 is 61.3 Å². The minimum absolute atomic E-state index is 0. The van der Waals surface area contributed by atoms with E-state index in [4.69, 9.17) is 28.4 Å². The standard InChI is InChI=1S/C10H18O7S.C8H15BrO5.C3H6O2S.K/c1-15-9-5(3-18-4-6(11)12)17-10(16-2)8(14)7(9)13;1-12-7-4(3-9)14-8(13-2)6(11)5(7)10;1-5-3(4)2-6;/h5,7-10,13-14H,3-4H2,1-2H3,(H,11,12);4-8,10-11H,3H2,1-2H3;6H,2H2,1H3;/q;;;+1/p-1/t5?,7-,8?,9-,10+;4?,5-,6?,7-,8+;;/m11../s1. The fourth-order valence-electron chi connectivity index (χ4n) is 3.36. The van der Waals surface area contributed by atoms with Gasteiger partial charge in [-0.15, -0.1) is 0 Å². The molecule has 18 heteroatoms. The number of carboxylic acids is 1. The molecule has 0 aromatic heterocycles. The number of methoxy groups -OCH3 is 5. The number of aliphatic hydroxyl groups excluding tert-OH is 4. The molecule has 39 heavy (non-hydrogen) atoms. The molecule has 0 saturated carbocycles. The number of hydrogen-bond acceptors (Lipinski definition) is 16. The van der Waals surface area contributed by atoms with Gasteiger partial charge in [-0.1, -0.05) is 15.9 Å². The zero-order chi connectivity index (χ0) is 29.4. The first-order chi connectivity index (χ1) is 18.0. The first-order valence-corrected chi connectivity index (χ1v) is 14.0. The number of alkyl halides is 1. The minimum Gasteiger partial charge on any atom is -0.549 e. The summed E-state index contributed by atoms with van der Waals surface area (Å²) in [5.74, 6) is -1.19. The second kappa shape index (κ2) is 23.8. The normalized spacial score (nSPS) is 33.8. The van der Waals surface area contributed by atoms with Crippen LogP contribution in [0, 0.1) is 0 Å². The Morgan fingerprint density at radius 2 is 1.28 bits per heavy atom. The summed E-state index contributed by atoms with van der Waals surface area (Å²) in [5.41, 5.74) is 0. The van der Waals surface area contributed by atoms with Crippen molar-refractivity contribution < 1.29 is 120 Å². The fraction of sp³-hybridized carbons (Fsp3) is 0.905. The van der Waals surface area contributed by atoms with Crippen LogP contribution in [0.1, 0.15) is 0 Å². The third kappa shape index (κ3) is 14.6. The molecule has 2 saturated heterocycles. The van der Waals surface area contributed by atoms with Gasteiger partial charge < -0.3 is 63.5 Å². The number of carbonyl (C=O) groups is 2. The Bertz CT molecular complexity index is 664. The summed E-state index contributed by atoms with van der Waals surface area (Å²) in [6, 6.07) is 0. The summed E-state index contributed by atoms with van der Waals surface area (Å²) in [6.45, 7) is 0. The number of carbonyl (C=O) groups excluding carboxylic acids is 2. The average Bonchev–Trinajstić information content (AvgIpc) is 2.91. The zero-order valence-electron chi connectivity index (χ0n) is 22.7. The Morgan fingerprint density at radius 3 is 1.59 bits per heavy atom. The van der Waals surface area contributed by atoms with Gasteiger partial charge in [-0.2, -0.15) is 24.4 Å². The maximum atomic E-state index is 10.3. The number of hydrogen-bond donors (Lipinski definition) is 5. The van der Waals surface area contributed by atoms with Gasteiger partial charge in [0.2, 0.25) is 0 Å². The van der Waals surface area contributed by atoms with Crippen molar-refractivity contribution in [3.63, 3.8) is 0 Å². The van der Waals surface area contributed by atoms with Gasteiger partial charge in [-0.3, -0.25) is 4.79 Å². The third-order valence-electron chi connectivity index (χ3n) is 5.30. The van der Waals surface area contributed by atoms with E-state index in [0.717, 1.165) is 11.8 Å². The number of halogens is 1. The molecule has 4 unspecified atom stereocenters. The van der Waals surface area contributed by atoms with Crippen molar-refractivity contribution in [1.82, 2.24) is 0 Å². The van der Waals surface area contributed by atoms with Crippen molar-refractivity contribution in [2.24, 2.45) is 0 Å². The van der Waals surface area contributed by atoms with Crippen LogP contribution in [0.25, 0.3) is 0 Å². The van der Waals surface area contributed by atoms with E-state index in [2.05, 4.69) is 33.3 Å². The van der Waals surface area contributed by atoms with Gasteiger partial charge in [-0.05, 0) is 0 Å². The average molecular weight is 698 g/mol. The molecule has 0 bridgehead atoms. The first kappa shape index (κ1) is 42.5. The zero-order valence-corrected chi connectivity index (χ0v) is 29.1. The van der Waals surface area contributed by atoms with E-state index >= 15 is 0 Å². The Morgan fingerprint density at radius 1 is 0.846 bits per heavy atom. The first-order valence-electron chi connectivity index (χ1n) is 11.1. The van der Waals surface area contributed by atoms with E-state index in [1.807, 2.05) is 0 Å². The van der Waals surface area contributed by atoms with E-state index in [9.17, 15) is 35.1 Å². The maximum absolute atomic E-state index is 10.3. The number of thioether (sulfide) groups is 1. The number of rotatable bonds is 10. The third-order valence-corrected chi connectivity index (χ3v) is 7.20. The number of esters is 1. The summed E-state index contributed by atoms with van der Waals surface area (Å²) >= 11 is 7.95. The van der Waals surface area contributed by atoms with Crippen molar-refractivity contribution in [2.45, 2.75) is 61.4 Å². The SMILES string of the molecule is COC(=O)CS.CO[C@H]1OC(CBr)[C@@H](OC)[C@H](O)C1O.CO[C@H]1OC(CSCC(=O)[O-])[C@@H](OC)[C@H](O)C1O.[K+]. The van der Waals surface area contributed by atoms with Crippen molar-refractivity contribution in [3.05, 3.63) is 0 Å². The molecule has 0 spiro atoms. The summed E-state index contributed by atoms with van der Waals surface area (Å²) in [7, 11) is 6.94. The number of carboxylic acid groups (broad SMARTS) is 1. The Balaban J connectivity index is 0. The Labute approximate surface area is 288 Å². The molecule has 4 N–H and O–H groups in total. The van der Waals surface area contributed by atoms with Crippen molar-refractivity contribution in [2.75, 3.05) is 58.1 Å². The molecule has 0 radical (unpaired) electrons. The Hall–Kier alpha value is 1.36. The molecule has 2 aliphatic heterocycles. The monoisotopic (exact) mass is 696 g/mol. The topological polar surface area (TPSA) is 203 Å². The molecule has 0 aromatic carbocycles. The van der Waals surface area contributed by atoms with E-state index in [-0.39, 0.29) is 80.7 Å². The molecule has 2 heterocycles. The fourth-order valence-corrected chi connectivity index (χ4v) is 4.80.